The molecule has 4 nitrogen and oxygen atoms in total. The van der Waals surface area contributed by atoms with Gasteiger partial charge in [0.25, 0.3) is 0 Å². The van der Waals surface area contributed by atoms with Crippen LogP contribution in [0.2, 0.25) is 0 Å². The molecule has 0 radical (unpaired) electrons. The molecular formula is C26H34N2O2. The normalized spacial score (nSPS) is 21.3. The van der Waals surface area contributed by atoms with Gasteiger partial charge < -0.3 is 10.1 Å². The number of anilines is 1. The summed E-state index contributed by atoms with van der Waals surface area (Å²) in [5, 5.41) is 3.16. The molecule has 30 heavy (non-hydrogen) atoms. The minimum atomic E-state index is -0.401. The number of ether oxygens (including phenoxy) is 1. The van der Waals surface area contributed by atoms with Crippen LogP contribution < -0.4 is 10.1 Å². The summed E-state index contributed by atoms with van der Waals surface area (Å²) in [6.45, 7) is 6.37. The fourth-order valence-electron chi connectivity index (χ4n) is 5.05. The number of rotatable bonds is 7. The summed E-state index contributed by atoms with van der Waals surface area (Å²) in [5.41, 5.74) is 1.56. The van der Waals surface area contributed by atoms with Crippen molar-refractivity contribution in [3.63, 3.8) is 0 Å². The van der Waals surface area contributed by atoms with Crippen molar-refractivity contribution in [2.24, 2.45) is 5.92 Å². The van der Waals surface area contributed by atoms with Gasteiger partial charge in [0.15, 0.2) is 0 Å². The van der Waals surface area contributed by atoms with Gasteiger partial charge in [0.1, 0.15) is 12.4 Å². The molecule has 2 aromatic rings. The van der Waals surface area contributed by atoms with Crippen molar-refractivity contribution in [2.45, 2.75) is 50.9 Å². The van der Waals surface area contributed by atoms with E-state index in [1.165, 1.54) is 25.9 Å². The van der Waals surface area contributed by atoms with E-state index in [4.69, 9.17) is 4.74 Å². The Morgan fingerprint density at radius 3 is 2.50 bits per heavy atom. The van der Waals surface area contributed by atoms with Gasteiger partial charge in [-0.1, -0.05) is 50.1 Å². The van der Waals surface area contributed by atoms with Gasteiger partial charge in [0.05, 0.1) is 5.41 Å². The van der Waals surface area contributed by atoms with E-state index < -0.39 is 5.41 Å². The highest BCUT2D eigenvalue weighted by atomic mass is 16.5. The number of carbonyl (C=O) groups is 1. The Balaban J connectivity index is 1.32. The van der Waals surface area contributed by atoms with E-state index in [1.54, 1.807) is 0 Å². The molecule has 1 aliphatic carbocycles. The molecule has 0 aromatic heterocycles. The van der Waals surface area contributed by atoms with E-state index in [-0.39, 0.29) is 5.91 Å². The highest BCUT2D eigenvalue weighted by Gasteiger charge is 2.42. The molecule has 2 aromatic carbocycles. The molecule has 1 N–H and O–H groups in total. The second kappa shape index (κ2) is 9.65. The van der Waals surface area contributed by atoms with Gasteiger partial charge in [-0.05, 0) is 68.0 Å². The zero-order valence-electron chi connectivity index (χ0n) is 18.1. The SMILES string of the molecule is CC1CCCN(CCOc2ccc(NC(=O)C3(c4ccccc4)CCCC3)cc2)C1. The first-order chi connectivity index (χ1) is 14.7. The maximum atomic E-state index is 13.2. The Bertz CT molecular complexity index is 813. The van der Waals surface area contributed by atoms with Crippen LogP contribution >= 0.6 is 0 Å². The first kappa shape index (κ1) is 20.9. The molecular weight excluding hydrogens is 372 g/mol. The molecule has 2 aliphatic rings. The summed E-state index contributed by atoms with van der Waals surface area (Å²) in [6.07, 6.45) is 6.67. The van der Waals surface area contributed by atoms with E-state index in [9.17, 15) is 4.79 Å². The summed E-state index contributed by atoms with van der Waals surface area (Å²) < 4.78 is 5.94. The van der Waals surface area contributed by atoms with E-state index in [2.05, 4.69) is 29.3 Å². The molecule has 1 saturated carbocycles. The third-order valence-electron chi connectivity index (χ3n) is 6.75. The lowest BCUT2D eigenvalue weighted by atomic mass is 9.78. The second-order valence-corrected chi connectivity index (χ2v) is 9.03. The molecule has 4 heteroatoms. The number of benzene rings is 2. The minimum Gasteiger partial charge on any atom is -0.492 e. The quantitative estimate of drug-likeness (QED) is 0.683. The largest absolute Gasteiger partial charge is 0.492 e. The second-order valence-electron chi connectivity index (χ2n) is 9.03. The fraction of sp³-hybridized carbons (Fsp3) is 0.500. The molecule has 1 atom stereocenters. The van der Waals surface area contributed by atoms with Crippen molar-refractivity contribution in [3.05, 3.63) is 60.2 Å². The standard InChI is InChI=1S/C26H34N2O2/c1-21-8-7-17-28(20-21)18-19-30-24-13-11-23(12-14-24)27-25(29)26(15-5-6-16-26)22-9-3-2-4-10-22/h2-4,9-14,21H,5-8,15-20H2,1H3,(H,27,29). The molecule has 1 amide bonds. The number of nitrogens with zero attached hydrogens (tertiary/aromatic N) is 1. The van der Waals surface area contributed by atoms with Crippen molar-refractivity contribution in [2.75, 3.05) is 31.6 Å². The highest BCUT2D eigenvalue weighted by molar-refractivity contribution is 5.99. The summed E-state index contributed by atoms with van der Waals surface area (Å²) in [6, 6.07) is 18.0. The van der Waals surface area contributed by atoms with E-state index in [0.29, 0.717) is 6.61 Å². The molecule has 0 spiro atoms. The lowest BCUT2D eigenvalue weighted by molar-refractivity contribution is -0.121. The van der Waals surface area contributed by atoms with E-state index in [0.717, 1.165) is 55.1 Å². The molecule has 1 heterocycles. The predicted molar refractivity (Wildman–Crippen MR) is 122 cm³/mol. The number of hydrogen-bond donors (Lipinski definition) is 1. The van der Waals surface area contributed by atoms with Gasteiger partial charge in [-0.3, -0.25) is 9.69 Å². The van der Waals surface area contributed by atoms with Crippen LogP contribution in [-0.2, 0) is 10.2 Å². The van der Waals surface area contributed by atoms with E-state index in [1.807, 2.05) is 42.5 Å². The lowest BCUT2D eigenvalue weighted by Crippen LogP contribution is -2.37. The van der Waals surface area contributed by atoms with Crippen LogP contribution in [-0.4, -0.2) is 37.0 Å². The zero-order valence-corrected chi connectivity index (χ0v) is 18.1. The zero-order chi connectivity index (χ0) is 20.8. The smallest absolute Gasteiger partial charge is 0.235 e. The average molecular weight is 407 g/mol. The van der Waals surface area contributed by atoms with Gasteiger partial charge in [0, 0.05) is 18.8 Å². The van der Waals surface area contributed by atoms with Gasteiger partial charge in [-0.15, -0.1) is 0 Å². The predicted octanol–water partition coefficient (Wildman–Crippen LogP) is 5.25. The van der Waals surface area contributed by atoms with Gasteiger partial charge in [-0.2, -0.15) is 0 Å². The molecule has 1 saturated heterocycles. The first-order valence-electron chi connectivity index (χ1n) is 11.5. The number of amides is 1. The van der Waals surface area contributed by atoms with Gasteiger partial charge in [0.2, 0.25) is 5.91 Å². The number of carbonyl (C=O) groups excluding carboxylic acids is 1. The fourth-order valence-corrected chi connectivity index (χ4v) is 5.05. The Morgan fingerprint density at radius 1 is 1.07 bits per heavy atom. The van der Waals surface area contributed by atoms with Crippen molar-refractivity contribution in [1.82, 2.24) is 4.90 Å². The molecule has 0 bridgehead atoms. The lowest BCUT2D eigenvalue weighted by Gasteiger charge is -2.30. The Hall–Kier alpha value is -2.33. The number of nitrogens with one attached hydrogen (secondary N) is 1. The maximum absolute atomic E-state index is 13.2. The molecule has 1 unspecified atom stereocenters. The molecule has 160 valence electrons. The number of piperidine rings is 1. The molecule has 4 rings (SSSR count). The summed E-state index contributed by atoms with van der Waals surface area (Å²) >= 11 is 0. The van der Waals surface area contributed by atoms with Crippen LogP contribution in [0, 0.1) is 5.92 Å². The van der Waals surface area contributed by atoms with Gasteiger partial charge in [-0.25, -0.2) is 0 Å². The van der Waals surface area contributed by atoms with Crippen molar-refractivity contribution in [1.29, 1.82) is 0 Å². The van der Waals surface area contributed by atoms with Crippen molar-refractivity contribution < 1.29 is 9.53 Å². The van der Waals surface area contributed by atoms with Crippen LogP contribution in [0.4, 0.5) is 5.69 Å². The Labute approximate surface area is 180 Å². The van der Waals surface area contributed by atoms with Crippen molar-refractivity contribution in [3.8, 4) is 5.75 Å². The number of hydrogen-bond acceptors (Lipinski definition) is 3. The molecule has 2 fully saturated rings. The van der Waals surface area contributed by atoms with Crippen LogP contribution in [0.15, 0.2) is 54.6 Å². The van der Waals surface area contributed by atoms with Crippen LogP contribution in [0.3, 0.4) is 0 Å². The van der Waals surface area contributed by atoms with Crippen LogP contribution in [0.1, 0.15) is 51.0 Å². The van der Waals surface area contributed by atoms with E-state index >= 15 is 0 Å². The summed E-state index contributed by atoms with van der Waals surface area (Å²) in [7, 11) is 0. The van der Waals surface area contributed by atoms with Crippen molar-refractivity contribution >= 4 is 11.6 Å². The topological polar surface area (TPSA) is 41.6 Å². The Kier molecular flexibility index (Phi) is 6.73. The highest BCUT2D eigenvalue weighted by Crippen LogP contribution is 2.42. The minimum absolute atomic E-state index is 0.110. The third kappa shape index (κ3) is 4.86. The molecule has 1 aliphatic heterocycles. The maximum Gasteiger partial charge on any atom is 0.235 e. The first-order valence-corrected chi connectivity index (χ1v) is 11.5. The van der Waals surface area contributed by atoms with Gasteiger partial charge >= 0.3 is 0 Å². The third-order valence-corrected chi connectivity index (χ3v) is 6.75. The Morgan fingerprint density at radius 2 is 1.80 bits per heavy atom. The summed E-state index contributed by atoms with van der Waals surface area (Å²) in [4.78, 5) is 15.7. The van der Waals surface area contributed by atoms with Crippen LogP contribution in [0.5, 0.6) is 5.75 Å². The average Bonchev–Trinajstić information content (AvgIpc) is 3.27. The summed E-state index contributed by atoms with van der Waals surface area (Å²) in [5.74, 6) is 1.76. The number of likely N-dealkylation sites (tertiary alicyclic amines) is 1. The monoisotopic (exact) mass is 406 g/mol. The van der Waals surface area contributed by atoms with Crippen LogP contribution in [0.25, 0.3) is 0 Å².